The molecule has 0 nitrogen and oxygen atoms in total. The van der Waals surface area contributed by atoms with Gasteiger partial charge in [0.25, 0.3) is 0 Å². The maximum Gasteiger partial charge on any atom is 0.0427 e. The van der Waals surface area contributed by atoms with Crippen molar-refractivity contribution in [2.24, 2.45) is 0 Å². The Kier molecular flexibility index (Phi) is 6.47. The Hall–Kier alpha value is -5.24. The molecule has 0 aliphatic rings. The van der Waals surface area contributed by atoms with Gasteiger partial charge in [-0.25, -0.2) is 0 Å². The average Bonchev–Trinajstić information content (AvgIpc) is 3.44. The van der Waals surface area contributed by atoms with Gasteiger partial charge in [-0.15, -0.1) is 11.3 Å². The van der Waals surface area contributed by atoms with Crippen LogP contribution in [-0.4, -0.2) is 0 Å². The maximum atomic E-state index is 4.62. The molecule has 0 aliphatic heterocycles. The molecule has 0 amide bonds. The summed E-state index contributed by atoms with van der Waals surface area (Å²) in [4.78, 5) is 1.22. The second-order valence-electron chi connectivity index (χ2n) is 11.3. The van der Waals surface area contributed by atoms with Crippen molar-refractivity contribution >= 4 is 65.4 Å². The van der Waals surface area contributed by atoms with Gasteiger partial charge in [0.2, 0.25) is 0 Å². The number of hydrogen-bond donors (Lipinski definition) is 0. The van der Waals surface area contributed by atoms with Crippen LogP contribution in [0.2, 0.25) is 0 Å². The van der Waals surface area contributed by atoms with Crippen LogP contribution in [-0.2, 0) is 0 Å². The van der Waals surface area contributed by atoms with Crippen molar-refractivity contribution in [2.45, 2.75) is 6.92 Å². The van der Waals surface area contributed by atoms with Gasteiger partial charge >= 0.3 is 0 Å². The highest BCUT2D eigenvalue weighted by Gasteiger charge is 2.19. The summed E-state index contributed by atoms with van der Waals surface area (Å²) in [6, 6.07) is 50.7. The largest absolute Gasteiger partial charge is 0.135 e. The lowest BCUT2D eigenvalue weighted by atomic mass is 9.86. The van der Waals surface area contributed by atoms with Gasteiger partial charge in [0, 0.05) is 20.5 Å². The molecule has 7 aromatic carbocycles. The van der Waals surface area contributed by atoms with Crippen molar-refractivity contribution < 1.29 is 0 Å². The van der Waals surface area contributed by atoms with Gasteiger partial charge in [-0.05, 0) is 84.8 Å². The van der Waals surface area contributed by atoms with E-state index in [1.165, 1.54) is 75.1 Å². The van der Waals surface area contributed by atoms with Crippen molar-refractivity contribution in [2.75, 3.05) is 0 Å². The van der Waals surface area contributed by atoms with Gasteiger partial charge in [0.05, 0.1) is 0 Å². The van der Waals surface area contributed by atoms with E-state index in [2.05, 4.69) is 165 Å². The van der Waals surface area contributed by atoms with E-state index >= 15 is 0 Å². The molecule has 0 N–H and O–H groups in total. The first-order valence-corrected chi connectivity index (χ1v) is 15.9. The van der Waals surface area contributed by atoms with Crippen molar-refractivity contribution in [3.63, 3.8) is 0 Å². The molecule has 208 valence electrons. The zero-order valence-corrected chi connectivity index (χ0v) is 25.4. The van der Waals surface area contributed by atoms with E-state index in [1.54, 1.807) is 0 Å². The Morgan fingerprint density at radius 1 is 0.545 bits per heavy atom. The normalized spacial score (nSPS) is 11.8. The number of hydrogen-bond acceptors (Lipinski definition) is 1. The highest BCUT2D eigenvalue weighted by Crippen LogP contribution is 2.46. The van der Waals surface area contributed by atoms with E-state index in [-0.39, 0.29) is 0 Å². The summed E-state index contributed by atoms with van der Waals surface area (Å²) in [7, 11) is 0. The highest BCUT2D eigenvalue weighted by atomic mass is 32.1. The number of rotatable bonds is 5. The van der Waals surface area contributed by atoms with Crippen LogP contribution in [0.1, 0.15) is 22.9 Å². The summed E-state index contributed by atoms with van der Waals surface area (Å²) in [6.45, 7) is 6.71. The smallest absolute Gasteiger partial charge is 0.0427 e. The first kappa shape index (κ1) is 26.4. The minimum atomic E-state index is 1.06. The van der Waals surface area contributed by atoms with Crippen LogP contribution in [0.15, 0.2) is 152 Å². The summed E-state index contributed by atoms with van der Waals surface area (Å²) in [6.07, 6.45) is 4.37. The molecule has 0 unspecified atom stereocenters. The number of allylic oxidation sites excluding steroid dienone is 1. The molecule has 0 fully saturated rings. The van der Waals surface area contributed by atoms with E-state index in [0.29, 0.717) is 0 Å². The van der Waals surface area contributed by atoms with Gasteiger partial charge in [-0.3, -0.25) is 0 Å². The zero-order valence-electron chi connectivity index (χ0n) is 24.5. The predicted molar refractivity (Wildman–Crippen MR) is 195 cm³/mol. The second-order valence-corrected chi connectivity index (χ2v) is 12.4. The molecule has 0 atom stereocenters. The molecule has 0 spiro atoms. The Morgan fingerprint density at radius 2 is 1.14 bits per heavy atom. The fourth-order valence-corrected chi connectivity index (χ4v) is 7.91. The molecule has 8 aromatic rings. The molecule has 0 saturated heterocycles. The fraction of sp³-hybridized carbons (Fsp3) is 0.0233. The minimum Gasteiger partial charge on any atom is -0.135 e. The molecule has 0 aliphatic carbocycles. The van der Waals surface area contributed by atoms with Crippen LogP contribution in [0, 0.1) is 0 Å². The molecular weight excluding hydrogens is 549 g/mol. The average molecular weight is 579 g/mol. The van der Waals surface area contributed by atoms with E-state index in [0.717, 1.165) is 11.1 Å². The summed E-state index contributed by atoms with van der Waals surface area (Å²) >= 11 is 1.84. The molecule has 1 heteroatoms. The van der Waals surface area contributed by atoms with Crippen LogP contribution >= 0.6 is 11.3 Å². The quantitative estimate of drug-likeness (QED) is 0.178. The van der Waals surface area contributed by atoms with Crippen LogP contribution in [0.5, 0.6) is 0 Å². The molecule has 0 saturated carbocycles. The Morgan fingerprint density at radius 3 is 1.80 bits per heavy atom. The monoisotopic (exact) mass is 578 g/mol. The summed E-state index contributed by atoms with van der Waals surface area (Å²) < 4.78 is 1.27. The van der Waals surface area contributed by atoms with Gasteiger partial charge in [-0.1, -0.05) is 146 Å². The number of fused-ring (bicyclic) bond motifs is 4. The van der Waals surface area contributed by atoms with E-state index in [4.69, 9.17) is 0 Å². The molecule has 0 radical (unpaired) electrons. The third-order valence-corrected chi connectivity index (χ3v) is 9.94. The zero-order chi connectivity index (χ0) is 29.6. The second kappa shape index (κ2) is 10.8. The van der Waals surface area contributed by atoms with Crippen LogP contribution in [0.25, 0.3) is 76.3 Å². The summed E-state index contributed by atoms with van der Waals surface area (Å²) in [5.41, 5.74) is 8.53. The standard InChI is InChI=1S/C43H30S/c1-3-13-39-34-25-24-33(27-40(34)44-43(39)28(2)31-23-22-29-14-7-8-17-32(29)26-31)42-37-20-11-9-18-35(37)41(30-15-5-4-6-16-30)36-19-10-12-21-38(36)42/h3-27H,2H2,1H3/b13-3-. The molecule has 1 heterocycles. The van der Waals surface area contributed by atoms with E-state index in [1.807, 2.05) is 11.3 Å². The van der Waals surface area contributed by atoms with E-state index < -0.39 is 0 Å². The summed E-state index contributed by atoms with van der Waals surface area (Å²) in [5, 5.41) is 8.85. The topological polar surface area (TPSA) is 0 Å². The number of benzene rings is 7. The predicted octanol–water partition coefficient (Wildman–Crippen LogP) is 12.8. The van der Waals surface area contributed by atoms with Gasteiger partial charge in [-0.2, -0.15) is 0 Å². The van der Waals surface area contributed by atoms with Crippen molar-refractivity contribution in [1.82, 2.24) is 0 Å². The Bertz CT molecular complexity index is 2350. The van der Waals surface area contributed by atoms with E-state index in [9.17, 15) is 0 Å². The molecule has 8 rings (SSSR count). The first-order valence-electron chi connectivity index (χ1n) is 15.1. The lowest BCUT2D eigenvalue weighted by Gasteiger charge is -2.17. The minimum absolute atomic E-state index is 1.06. The first-order chi connectivity index (χ1) is 21.7. The van der Waals surface area contributed by atoms with Crippen LogP contribution < -0.4 is 0 Å². The van der Waals surface area contributed by atoms with Crippen molar-refractivity contribution in [3.8, 4) is 22.3 Å². The lowest BCUT2D eigenvalue weighted by molar-refractivity contribution is 1.65. The third kappa shape index (κ3) is 4.28. The molecular formula is C43H30S. The van der Waals surface area contributed by atoms with Gasteiger partial charge < -0.3 is 0 Å². The van der Waals surface area contributed by atoms with Crippen LogP contribution in [0.3, 0.4) is 0 Å². The Labute approximate surface area is 261 Å². The van der Waals surface area contributed by atoms with Gasteiger partial charge in [0.15, 0.2) is 0 Å². The Balaban J connectivity index is 1.35. The fourth-order valence-electron chi connectivity index (χ4n) is 6.69. The lowest BCUT2D eigenvalue weighted by Crippen LogP contribution is -1.90. The third-order valence-electron chi connectivity index (χ3n) is 8.72. The van der Waals surface area contributed by atoms with Gasteiger partial charge in [0.1, 0.15) is 0 Å². The molecule has 1 aromatic heterocycles. The van der Waals surface area contributed by atoms with Crippen molar-refractivity contribution in [3.05, 3.63) is 168 Å². The highest BCUT2D eigenvalue weighted by molar-refractivity contribution is 7.20. The number of thiophene rings is 1. The molecule has 0 bridgehead atoms. The van der Waals surface area contributed by atoms with Crippen LogP contribution in [0.4, 0.5) is 0 Å². The SMILES string of the molecule is C=C(c1ccc2ccccc2c1)c1sc2cc(-c3c4ccccc4c(-c4ccccc4)c4ccccc34)ccc2c1/C=C\C. The summed E-state index contributed by atoms with van der Waals surface area (Å²) in [5.74, 6) is 0. The van der Waals surface area contributed by atoms with Crippen molar-refractivity contribution in [1.29, 1.82) is 0 Å². The maximum absolute atomic E-state index is 4.62. The molecule has 44 heavy (non-hydrogen) atoms.